The Hall–Kier alpha value is 1.77. The summed E-state index contributed by atoms with van der Waals surface area (Å²) in [7, 11) is -1.66. The molecule has 66 valence electrons. The second kappa shape index (κ2) is 5.02. The molecule has 0 N–H and O–H groups in total. The van der Waals surface area contributed by atoms with Gasteiger partial charge in [0.25, 0.3) is 0 Å². The van der Waals surface area contributed by atoms with E-state index in [9.17, 15) is 5.11 Å². The molecule has 1 heterocycles. The van der Waals surface area contributed by atoms with Gasteiger partial charge >= 0.3 is 51.4 Å². The van der Waals surface area contributed by atoms with Crippen molar-refractivity contribution in [2.45, 2.75) is 44.3 Å². The minimum Gasteiger partial charge on any atom is -0.831 e. The smallest absolute Gasteiger partial charge is 0.831 e. The van der Waals surface area contributed by atoms with Crippen molar-refractivity contribution in [1.82, 2.24) is 0 Å². The molecular weight excluding hydrogens is 195 g/mol. The summed E-state index contributed by atoms with van der Waals surface area (Å²) < 4.78 is 5.34. The maximum atomic E-state index is 12.0. The SMILES string of the molecule is C[Si](C)(C)C1([O-])CCCCO1.[K+]. The molecule has 0 aromatic rings. The zero-order valence-corrected chi connectivity index (χ0v) is 12.8. The zero-order chi connectivity index (χ0) is 8.54. The van der Waals surface area contributed by atoms with Gasteiger partial charge < -0.3 is 9.84 Å². The molecule has 1 fully saturated rings. The van der Waals surface area contributed by atoms with Crippen molar-refractivity contribution in [2.24, 2.45) is 0 Å². The van der Waals surface area contributed by atoms with Gasteiger partial charge in [0.2, 0.25) is 0 Å². The summed E-state index contributed by atoms with van der Waals surface area (Å²) >= 11 is 0. The van der Waals surface area contributed by atoms with Crippen LogP contribution in [0.25, 0.3) is 0 Å². The number of hydrogen-bond acceptors (Lipinski definition) is 2. The molecule has 0 saturated carbocycles. The van der Waals surface area contributed by atoms with Gasteiger partial charge in [-0.05, 0) is 18.3 Å². The Labute approximate surface area is 118 Å². The number of rotatable bonds is 1. The molecule has 1 unspecified atom stereocenters. The first-order valence-corrected chi connectivity index (χ1v) is 7.80. The van der Waals surface area contributed by atoms with Crippen molar-refractivity contribution < 1.29 is 61.2 Å². The fourth-order valence-corrected chi connectivity index (χ4v) is 2.82. The van der Waals surface area contributed by atoms with Crippen LogP contribution in [0, 0.1) is 0 Å². The summed E-state index contributed by atoms with van der Waals surface area (Å²) in [5.41, 5.74) is -0.995. The van der Waals surface area contributed by atoms with Crippen LogP contribution in [0.15, 0.2) is 0 Å². The van der Waals surface area contributed by atoms with Crippen molar-refractivity contribution in [3.63, 3.8) is 0 Å². The van der Waals surface area contributed by atoms with Gasteiger partial charge in [0, 0.05) is 6.61 Å². The van der Waals surface area contributed by atoms with E-state index in [0.717, 1.165) is 19.3 Å². The van der Waals surface area contributed by atoms with Crippen LogP contribution < -0.4 is 56.5 Å². The minimum absolute atomic E-state index is 0. The zero-order valence-electron chi connectivity index (χ0n) is 8.64. The molecular formula is C8H17KO2Si. The van der Waals surface area contributed by atoms with Crippen LogP contribution in [0.2, 0.25) is 19.6 Å². The molecule has 12 heavy (non-hydrogen) atoms. The van der Waals surface area contributed by atoms with Crippen LogP contribution in [0.3, 0.4) is 0 Å². The number of hydrogen-bond donors (Lipinski definition) is 0. The van der Waals surface area contributed by atoms with E-state index in [1.54, 1.807) is 0 Å². The fourth-order valence-electron chi connectivity index (χ4n) is 1.36. The molecule has 2 nitrogen and oxygen atoms in total. The number of ether oxygens (including phenoxy) is 1. The molecule has 1 aliphatic heterocycles. The molecule has 0 aliphatic carbocycles. The van der Waals surface area contributed by atoms with Crippen LogP contribution >= 0.6 is 0 Å². The van der Waals surface area contributed by atoms with E-state index in [1.165, 1.54) is 0 Å². The molecule has 0 aromatic heterocycles. The molecule has 1 aliphatic rings. The summed E-state index contributed by atoms with van der Waals surface area (Å²) in [6.45, 7) is 6.94. The molecule has 0 aromatic carbocycles. The topological polar surface area (TPSA) is 32.3 Å². The predicted molar refractivity (Wildman–Crippen MR) is 45.9 cm³/mol. The van der Waals surface area contributed by atoms with Gasteiger partial charge in [-0.15, -0.1) is 0 Å². The van der Waals surface area contributed by atoms with Gasteiger partial charge in [0.1, 0.15) is 0 Å². The van der Waals surface area contributed by atoms with Gasteiger partial charge in [-0.3, -0.25) is 0 Å². The van der Waals surface area contributed by atoms with E-state index in [-0.39, 0.29) is 51.4 Å². The molecule has 1 atom stereocenters. The fraction of sp³-hybridized carbons (Fsp3) is 1.00. The Morgan fingerprint density at radius 1 is 1.25 bits per heavy atom. The molecule has 1 saturated heterocycles. The Balaban J connectivity index is 0.00000121. The minimum atomic E-state index is -1.66. The van der Waals surface area contributed by atoms with E-state index in [0.29, 0.717) is 6.61 Å². The third-order valence-electron chi connectivity index (χ3n) is 2.38. The van der Waals surface area contributed by atoms with E-state index >= 15 is 0 Å². The first-order chi connectivity index (χ1) is 4.96. The Morgan fingerprint density at radius 2 is 1.83 bits per heavy atom. The van der Waals surface area contributed by atoms with Gasteiger partial charge in [-0.2, -0.15) is 0 Å². The van der Waals surface area contributed by atoms with Crippen molar-refractivity contribution in [2.75, 3.05) is 6.61 Å². The predicted octanol–water partition coefficient (Wildman–Crippen LogP) is -1.88. The molecule has 0 radical (unpaired) electrons. The summed E-state index contributed by atoms with van der Waals surface area (Å²) in [5, 5.41) is 12.0. The average molecular weight is 212 g/mol. The third-order valence-corrected chi connectivity index (χ3v) is 5.06. The van der Waals surface area contributed by atoms with Crippen molar-refractivity contribution in [1.29, 1.82) is 0 Å². The third kappa shape index (κ3) is 3.17. The van der Waals surface area contributed by atoms with Gasteiger partial charge in [0.05, 0.1) is 8.07 Å². The Bertz CT molecular complexity index is 138. The van der Waals surface area contributed by atoms with E-state index in [1.807, 2.05) is 0 Å². The first-order valence-electron chi connectivity index (χ1n) is 4.30. The maximum Gasteiger partial charge on any atom is 1.00 e. The normalized spacial score (nSPS) is 31.0. The van der Waals surface area contributed by atoms with Gasteiger partial charge in [0.15, 0.2) is 0 Å². The molecule has 4 heteroatoms. The van der Waals surface area contributed by atoms with Gasteiger partial charge in [-0.1, -0.05) is 26.1 Å². The monoisotopic (exact) mass is 212 g/mol. The second-order valence-corrected chi connectivity index (χ2v) is 9.57. The summed E-state index contributed by atoms with van der Waals surface area (Å²) in [6, 6.07) is 0. The Kier molecular flexibility index (Phi) is 5.77. The maximum absolute atomic E-state index is 12.0. The van der Waals surface area contributed by atoms with Crippen LogP contribution in [-0.2, 0) is 4.74 Å². The summed E-state index contributed by atoms with van der Waals surface area (Å²) in [6.07, 6.45) is 2.84. The second-order valence-electron chi connectivity index (χ2n) is 4.31. The van der Waals surface area contributed by atoms with Crippen molar-refractivity contribution in [3.8, 4) is 0 Å². The van der Waals surface area contributed by atoms with Crippen LogP contribution in [-0.4, -0.2) is 20.1 Å². The Morgan fingerprint density at radius 3 is 2.08 bits per heavy atom. The van der Waals surface area contributed by atoms with Crippen LogP contribution in [0.5, 0.6) is 0 Å². The molecule has 0 spiro atoms. The molecule has 0 amide bonds. The van der Waals surface area contributed by atoms with Crippen LogP contribution in [0.4, 0.5) is 0 Å². The van der Waals surface area contributed by atoms with E-state index in [4.69, 9.17) is 4.74 Å². The average Bonchev–Trinajstić information content (AvgIpc) is 1.87. The van der Waals surface area contributed by atoms with Crippen molar-refractivity contribution >= 4 is 8.07 Å². The molecule has 1 rings (SSSR count). The van der Waals surface area contributed by atoms with Crippen molar-refractivity contribution in [3.05, 3.63) is 0 Å². The van der Waals surface area contributed by atoms with Crippen LogP contribution in [0.1, 0.15) is 19.3 Å². The quantitative estimate of drug-likeness (QED) is 0.477. The summed E-state index contributed by atoms with van der Waals surface area (Å²) in [5.74, 6) is 0. The summed E-state index contributed by atoms with van der Waals surface area (Å²) in [4.78, 5) is 0. The standard InChI is InChI=1S/C8H17O2Si.K/c1-11(2,3)8(9)6-4-5-7-10-8;/h4-7H2,1-3H3;/q-1;+1. The molecule has 0 bridgehead atoms. The van der Waals surface area contributed by atoms with Gasteiger partial charge in [-0.25, -0.2) is 0 Å². The first kappa shape index (κ1) is 13.8. The van der Waals surface area contributed by atoms with E-state index < -0.39 is 13.5 Å². The van der Waals surface area contributed by atoms with E-state index in [2.05, 4.69) is 19.6 Å². The largest absolute Gasteiger partial charge is 1.00 e.